The first-order valence-electron chi connectivity index (χ1n) is 11.7. The third-order valence-electron chi connectivity index (χ3n) is 7.51. The van der Waals surface area contributed by atoms with Crippen LogP contribution < -0.4 is 9.80 Å². The highest BCUT2D eigenvalue weighted by Gasteiger charge is 2.50. The maximum Gasteiger partial charge on any atom is 0.414 e. The molecule has 0 aromatic heterocycles. The summed E-state index contributed by atoms with van der Waals surface area (Å²) in [6.07, 6.45) is 4.85. The zero-order valence-corrected chi connectivity index (χ0v) is 18.0. The lowest BCUT2D eigenvalue weighted by Gasteiger charge is -2.55. The van der Waals surface area contributed by atoms with Crippen molar-refractivity contribution in [2.75, 3.05) is 36.0 Å². The first kappa shape index (κ1) is 20.1. The molecule has 1 atom stereocenters. The number of halogens is 1. The lowest BCUT2D eigenvalue weighted by Crippen LogP contribution is -2.64. The van der Waals surface area contributed by atoms with Crippen molar-refractivity contribution in [3.63, 3.8) is 0 Å². The van der Waals surface area contributed by atoms with E-state index in [9.17, 15) is 14.0 Å². The fourth-order valence-corrected chi connectivity index (χ4v) is 6.15. The van der Waals surface area contributed by atoms with Crippen molar-refractivity contribution < 1.29 is 28.2 Å². The third kappa shape index (κ3) is 3.46. The second kappa shape index (κ2) is 7.79. The fraction of sp³-hybridized carbons (Fsp3) is 0.652. The molecule has 6 saturated heterocycles. The number of amides is 2. The lowest BCUT2D eigenvalue weighted by atomic mass is 9.78. The molecule has 6 heterocycles. The number of cyclic esters (lactones) is 1. The van der Waals surface area contributed by atoms with Crippen LogP contribution in [-0.2, 0) is 14.2 Å². The Bertz CT molecular complexity index is 899. The largest absolute Gasteiger partial charge is 0.447 e. The van der Waals surface area contributed by atoms with Crippen LogP contribution in [0.25, 0.3) is 0 Å². The van der Waals surface area contributed by atoms with Crippen LogP contribution in [0.4, 0.5) is 25.4 Å². The summed E-state index contributed by atoms with van der Waals surface area (Å²) in [7, 11) is 0. The van der Waals surface area contributed by atoms with E-state index in [1.54, 1.807) is 12.1 Å². The number of hydrogen-bond acceptors (Lipinski definition) is 6. The van der Waals surface area contributed by atoms with Crippen molar-refractivity contribution in [3.05, 3.63) is 24.0 Å². The van der Waals surface area contributed by atoms with Gasteiger partial charge in [0, 0.05) is 18.6 Å². The van der Waals surface area contributed by atoms with Gasteiger partial charge in [-0.2, -0.15) is 0 Å². The van der Waals surface area contributed by atoms with E-state index in [0.717, 1.165) is 38.5 Å². The molecule has 1 aromatic rings. The van der Waals surface area contributed by atoms with Crippen molar-refractivity contribution in [3.8, 4) is 0 Å². The Labute approximate surface area is 186 Å². The van der Waals surface area contributed by atoms with Gasteiger partial charge in [-0.3, -0.25) is 4.90 Å². The summed E-state index contributed by atoms with van der Waals surface area (Å²) in [5, 5.41) is 0. The van der Waals surface area contributed by atoms with Gasteiger partial charge in [-0.15, -0.1) is 0 Å². The predicted octanol–water partition coefficient (Wildman–Crippen LogP) is 3.28. The van der Waals surface area contributed by atoms with Crippen molar-refractivity contribution >= 4 is 23.6 Å². The van der Waals surface area contributed by atoms with Crippen LogP contribution in [0.5, 0.6) is 0 Å². The van der Waals surface area contributed by atoms with Crippen molar-refractivity contribution in [2.45, 2.75) is 68.9 Å². The van der Waals surface area contributed by atoms with Gasteiger partial charge in [0.25, 0.3) is 0 Å². The highest BCUT2D eigenvalue weighted by atomic mass is 19.1. The Morgan fingerprint density at radius 3 is 2.50 bits per heavy atom. The molecule has 6 aliphatic rings. The van der Waals surface area contributed by atoms with Crippen LogP contribution in [-0.4, -0.2) is 73.7 Å². The molecule has 6 aliphatic heterocycles. The highest BCUT2D eigenvalue weighted by molar-refractivity contribution is 5.89. The molecule has 0 N–H and O–H groups in total. The minimum Gasteiger partial charge on any atom is -0.447 e. The molecule has 0 saturated carbocycles. The summed E-state index contributed by atoms with van der Waals surface area (Å²) in [6, 6.07) is 5.26. The number of ether oxygens (including phenoxy) is 3. The van der Waals surface area contributed by atoms with Crippen molar-refractivity contribution in [2.24, 2.45) is 0 Å². The van der Waals surface area contributed by atoms with Gasteiger partial charge in [0.05, 0.1) is 36.7 Å². The van der Waals surface area contributed by atoms with Gasteiger partial charge in [0.15, 0.2) is 0 Å². The number of nitrogens with zero attached hydrogens (tertiary/aromatic N) is 3. The number of hydrogen-bond donors (Lipinski definition) is 0. The molecular formula is C23H28FN3O5. The predicted molar refractivity (Wildman–Crippen MR) is 113 cm³/mol. The Morgan fingerprint density at radius 2 is 1.84 bits per heavy atom. The van der Waals surface area contributed by atoms with E-state index < -0.39 is 6.09 Å². The van der Waals surface area contributed by atoms with Gasteiger partial charge in [0.1, 0.15) is 18.5 Å². The Kier molecular flexibility index (Phi) is 4.89. The highest BCUT2D eigenvalue weighted by Crippen LogP contribution is 2.43. The Morgan fingerprint density at radius 1 is 1.09 bits per heavy atom. The molecule has 0 radical (unpaired) electrons. The second-order valence-corrected chi connectivity index (χ2v) is 9.53. The van der Waals surface area contributed by atoms with E-state index in [0.29, 0.717) is 49.8 Å². The van der Waals surface area contributed by atoms with Crippen LogP contribution in [0.1, 0.15) is 38.5 Å². The van der Waals surface area contributed by atoms with E-state index in [1.807, 2.05) is 9.80 Å². The quantitative estimate of drug-likeness (QED) is 0.711. The van der Waals surface area contributed by atoms with Gasteiger partial charge >= 0.3 is 12.2 Å². The molecule has 9 heteroatoms. The molecule has 8 nitrogen and oxygen atoms in total. The SMILES string of the molecule is O=C1OCCN1c1ccc(N2CCCC(OC(=O)N3C4CC5CC3CC(C4)O5)C2)c(F)c1. The number of benzene rings is 1. The van der Waals surface area contributed by atoms with Crippen molar-refractivity contribution in [1.82, 2.24) is 4.90 Å². The summed E-state index contributed by atoms with van der Waals surface area (Å²) in [6.45, 7) is 1.90. The van der Waals surface area contributed by atoms with E-state index in [-0.39, 0.29) is 30.1 Å². The van der Waals surface area contributed by atoms with E-state index in [2.05, 4.69) is 0 Å². The molecule has 0 spiro atoms. The third-order valence-corrected chi connectivity index (χ3v) is 7.51. The molecule has 172 valence electrons. The maximum atomic E-state index is 14.9. The molecule has 1 aromatic carbocycles. The van der Waals surface area contributed by atoms with E-state index in [1.165, 1.54) is 11.0 Å². The van der Waals surface area contributed by atoms with Gasteiger partial charge in [-0.25, -0.2) is 14.0 Å². The zero-order valence-electron chi connectivity index (χ0n) is 18.0. The van der Waals surface area contributed by atoms with Crippen LogP contribution in [0.2, 0.25) is 0 Å². The summed E-state index contributed by atoms with van der Waals surface area (Å²) in [5.41, 5.74) is 0.960. The molecule has 2 amide bonds. The van der Waals surface area contributed by atoms with Gasteiger partial charge in [-0.1, -0.05) is 0 Å². The number of carbonyl (C=O) groups is 2. The smallest absolute Gasteiger partial charge is 0.414 e. The molecule has 6 fully saturated rings. The monoisotopic (exact) mass is 445 g/mol. The summed E-state index contributed by atoms with van der Waals surface area (Å²) < 4.78 is 31.8. The van der Waals surface area contributed by atoms with E-state index in [4.69, 9.17) is 14.2 Å². The first-order valence-corrected chi connectivity index (χ1v) is 11.7. The summed E-state index contributed by atoms with van der Waals surface area (Å²) in [4.78, 5) is 30.1. The topological polar surface area (TPSA) is 71.6 Å². The van der Waals surface area contributed by atoms with Crippen LogP contribution >= 0.6 is 0 Å². The molecule has 32 heavy (non-hydrogen) atoms. The average molecular weight is 445 g/mol. The first-order chi connectivity index (χ1) is 15.5. The molecule has 0 aliphatic carbocycles. The number of carbonyl (C=O) groups excluding carboxylic acids is 2. The van der Waals surface area contributed by atoms with Gasteiger partial charge in [0.2, 0.25) is 0 Å². The average Bonchev–Trinajstić information content (AvgIpc) is 3.19. The fourth-order valence-electron chi connectivity index (χ4n) is 6.15. The summed E-state index contributed by atoms with van der Waals surface area (Å²) in [5.74, 6) is -0.390. The van der Waals surface area contributed by atoms with E-state index >= 15 is 0 Å². The summed E-state index contributed by atoms with van der Waals surface area (Å²) >= 11 is 0. The van der Waals surface area contributed by atoms with Crippen LogP contribution in [0, 0.1) is 5.82 Å². The maximum absolute atomic E-state index is 14.9. The van der Waals surface area contributed by atoms with Crippen LogP contribution in [0.3, 0.4) is 0 Å². The van der Waals surface area contributed by atoms with Crippen LogP contribution in [0.15, 0.2) is 18.2 Å². The second-order valence-electron chi connectivity index (χ2n) is 9.53. The standard InChI is InChI=1S/C23H28FN3O5/c24-20-12-14(26-6-7-30-22(26)28)3-4-21(20)25-5-1-2-17(13-25)32-23(29)27-15-8-18-10-16(27)11-19(9-15)31-18/h3-4,12,15-19H,1-2,5-11,13H2. The Balaban J connectivity index is 1.11. The normalized spacial score (nSPS) is 33.6. The minimum absolute atomic E-state index is 0.223. The molecule has 1 unspecified atom stereocenters. The molecular weight excluding hydrogens is 417 g/mol. The zero-order chi connectivity index (χ0) is 21.8. The van der Waals surface area contributed by atoms with Crippen molar-refractivity contribution in [1.29, 1.82) is 0 Å². The lowest BCUT2D eigenvalue weighted by molar-refractivity contribution is -0.174. The van der Waals surface area contributed by atoms with Gasteiger partial charge < -0.3 is 24.0 Å². The van der Waals surface area contributed by atoms with Gasteiger partial charge in [-0.05, 0) is 56.7 Å². The number of piperidine rings is 3. The minimum atomic E-state index is -0.451. The number of rotatable bonds is 3. The molecule has 7 rings (SSSR count). The number of anilines is 2. The Hall–Kier alpha value is -2.55. The molecule has 4 bridgehead atoms.